The zero-order valence-corrected chi connectivity index (χ0v) is 24.8. The molecule has 208 valence electrons. The lowest BCUT2D eigenvalue weighted by atomic mass is 9.97. The van der Waals surface area contributed by atoms with Crippen LogP contribution in [0.2, 0.25) is 0 Å². The minimum Gasteiger partial charge on any atom is -0.444 e. The average Bonchev–Trinajstić information content (AvgIpc) is 2.81. The first-order chi connectivity index (χ1) is 17.8. The molecule has 7 nitrogen and oxygen atoms in total. The third-order valence-corrected chi connectivity index (χ3v) is 6.45. The second-order valence-corrected chi connectivity index (χ2v) is 11.8. The Morgan fingerprint density at radius 2 is 1.61 bits per heavy atom. The molecular formula is C30H43N3O4S. The Bertz CT molecular complexity index is 1060. The second kappa shape index (κ2) is 14.2. The fraction of sp³-hybridized carbons (Fsp3) is 0.500. The van der Waals surface area contributed by atoms with Gasteiger partial charge in [0.1, 0.15) is 17.7 Å². The highest BCUT2D eigenvalue weighted by Crippen LogP contribution is 2.27. The molecule has 2 rings (SSSR count). The Balaban J connectivity index is 2.47. The molecule has 8 heteroatoms. The molecule has 2 atom stereocenters. The van der Waals surface area contributed by atoms with Gasteiger partial charge >= 0.3 is 6.09 Å². The van der Waals surface area contributed by atoms with Crippen LogP contribution in [0.5, 0.6) is 0 Å². The number of alkyl carbamates (subject to hydrolysis) is 1. The molecule has 0 aliphatic carbocycles. The van der Waals surface area contributed by atoms with Crippen molar-refractivity contribution >= 4 is 29.7 Å². The van der Waals surface area contributed by atoms with Crippen molar-refractivity contribution in [1.29, 1.82) is 0 Å². The Morgan fingerprint density at radius 3 is 2.13 bits per heavy atom. The van der Waals surface area contributed by atoms with Gasteiger partial charge in [-0.05, 0) is 78.0 Å². The molecule has 0 bridgehead atoms. The van der Waals surface area contributed by atoms with Crippen molar-refractivity contribution in [1.82, 2.24) is 15.5 Å². The summed E-state index contributed by atoms with van der Waals surface area (Å²) < 4.78 is 5.44. The quantitative estimate of drug-likeness (QED) is 0.390. The molecule has 0 aliphatic rings. The number of carbonyl (C=O) groups excluding carboxylic acids is 3. The molecule has 2 N–H and O–H groups in total. The Labute approximate surface area is 232 Å². The van der Waals surface area contributed by atoms with Gasteiger partial charge < -0.3 is 20.3 Å². The lowest BCUT2D eigenvalue weighted by Gasteiger charge is -2.37. The number of benzene rings is 2. The summed E-state index contributed by atoms with van der Waals surface area (Å²) in [6, 6.07) is 13.6. The van der Waals surface area contributed by atoms with Gasteiger partial charge in [-0.15, -0.1) is 0 Å². The van der Waals surface area contributed by atoms with Gasteiger partial charge in [0, 0.05) is 12.6 Å². The van der Waals surface area contributed by atoms with E-state index in [2.05, 4.69) is 10.6 Å². The maximum Gasteiger partial charge on any atom is 0.408 e. The number of amides is 3. The molecule has 0 radical (unpaired) electrons. The number of thioether (sulfide) groups is 1. The largest absolute Gasteiger partial charge is 0.444 e. The van der Waals surface area contributed by atoms with E-state index < -0.39 is 23.8 Å². The summed E-state index contributed by atoms with van der Waals surface area (Å²) in [6.45, 7) is 13.4. The fourth-order valence-corrected chi connectivity index (χ4v) is 4.76. The highest BCUT2D eigenvalue weighted by Gasteiger charge is 2.37. The lowest BCUT2D eigenvalue weighted by molar-refractivity contribution is -0.144. The zero-order chi connectivity index (χ0) is 28.5. The van der Waals surface area contributed by atoms with Crippen LogP contribution in [0.4, 0.5) is 4.79 Å². The summed E-state index contributed by atoms with van der Waals surface area (Å²) in [6.07, 6.45) is 1.70. The smallest absolute Gasteiger partial charge is 0.408 e. The minimum absolute atomic E-state index is 0.276. The number of carbonyl (C=O) groups is 3. The number of ether oxygens (including phenoxy) is 1. The predicted octanol–water partition coefficient (Wildman–Crippen LogP) is 5.54. The Hall–Kier alpha value is -3.00. The minimum atomic E-state index is -0.873. The van der Waals surface area contributed by atoms with Crippen LogP contribution in [0.3, 0.4) is 0 Å². The number of nitrogens with zero attached hydrogens (tertiary/aromatic N) is 1. The van der Waals surface area contributed by atoms with Crippen molar-refractivity contribution < 1.29 is 19.1 Å². The highest BCUT2D eigenvalue weighted by molar-refractivity contribution is 7.98. The molecule has 0 spiro atoms. The number of nitrogens with one attached hydrogen (secondary N) is 2. The van der Waals surface area contributed by atoms with Crippen molar-refractivity contribution in [2.75, 3.05) is 12.0 Å². The maximum absolute atomic E-state index is 14.1. The van der Waals surface area contributed by atoms with Gasteiger partial charge in [-0.3, -0.25) is 9.59 Å². The number of aryl methyl sites for hydroxylation is 2. The van der Waals surface area contributed by atoms with E-state index in [4.69, 9.17) is 4.74 Å². The molecule has 3 amide bonds. The van der Waals surface area contributed by atoms with Crippen LogP contribution in [-0.2, 0) is 20.9 Å². The van der Waals surface area contributed by atoms with Crippen molar-refractivity contribution in [3.8, 4) is 0 Å². The van der Waals surface area contributed by atoms with E-state index in [1.807, 2.05) is 82.5 Å². The first-order valence-electron chi connectivity index (χ1n) is 13.0. The van der Waals surface area contributed by atoms with E-state index in [-0.39, 0.29) is 17.9 Å². The van der Waals surface area contributed by atoms with Gasteiger partial charge in [-0.25, -0.2) is 4.79 Å². The van der Waals surface area contributed by atoms with Gasteiger partial charge in [0.15, 0.2) is 0 Å². The maximum atomic E-state index is 14.1. The molecule has 2 aromatic carbocycles. The average molecular weight is 542 g/mol. The Kier molecular flexibility index (Phi) is 11.7. The van der Waals surface area contributed by atoms with Crippen LogP contribution in [0.25, 0.3) is 0 Å². The van der Waals surface area contributed by atoms with E-state index >= 15 is 0 Å². The lowest BCUT2D eigenvalue weighted by Crippen LogP contribution is -2.55. The summed E-state index contributed by atoms with van der Waals surface area (Å²) >= 11 is 1.59. The van der Waals surface area contributed by atoms with Gasteiger partial charge in [0.05, 0.1) is 0 Å². The normalized spacial score (nSPS) is 13.0. The van der Waals surface area contributed by atoms with Crippen molar-refractivity contribution in [3.05, 3.63) is 70.8 Å². The topological polar surface area (TPSA) is 87.7 Å². The first-order valence-corrected chi connectivity index (χ1v) is 14.4. The molecule has 38 heavy (non-hydrogen) atoms. The predicted molar refractivity (Wildman–Crippen MR) is 155 cm³/mol. The molecule has 0 saturated heterocycles. The first kappa shape index (κ1) is 31.2. The van der Waals surface area contributed by atoms with Crippen molar-refractivity contribution in [3.63, 3.8) is 0 Å². The third kappa shape index (κ3) is 9.71. The van der Waals surface area contributed by atoms with E-state index in [0.29, 0.717) is 18.7 Å². The molecule has 0 aromatic heterocycles. The molecule has 0 heterocycles. The van der Waals surface area contributed by atoms with Crippen molar-refractivity contribution in [2.45, 2.75) is 85.2 Å². The van der Waals surface area contributed by atoms with Gasteiger partial charge in [0.25, 0.3) is 0 Å². The number of hydrogen-bond donors (Lipinski definition) is 2. The van der Waals surface area contributed by atoms with E-state index in [9.17, 15) is 14.4 Å². The van der Waals surface area contributed by atoms with Crippen LogP contribution in [-0.4, -0.2) is 52.5 Å². The third-order valence-electron chi connectivity index (χ3n) is 5.81. The van der Waals surface area contributed by atoms with E-state index in [1.54, 1.807) is 37.4 Å². The molecular weight excluding hydrogens is 498 g/mol. The molecule has 0 saturated carbocycles. The van der Waals surface area contributed by atoms with Gasteiger partial charge in [-0.1, -0.05) is 59.7 Å². The summed E-state index contributed by atoms with van der Waals surface area (Å²) in [7, 11) is 0. The standard InChI is InChI=1S/C30H43N3O4S/c1-20(2)33(28(35)25(14-15-38-8)32-29(36)37-30(5,6)7)26(24-17-21(3)16-22(4)18-24)27(34)31-19-23-12-10-9-11-13-23/h9-13,16-18,20,25-26H,14-15,19H2,1-8H3,(H,31,34)(H,32,36). The van der Waals surface area contributed by atoms with E-state index in [1.165, 1.54) is 0 Å². The highest BCUT2D eigenvalue weighted by atomic mass is 32.2. The molecule has 0 aliphatic heterocycles. The summed E-state index contributed by atoms with van der Waals surface area (Å²) in [4.78, 5) is 42.2. The van der Waals surface area contributed by atoms with Crippen LogP contribution in [0, 0.1) is 13.8 Å². The van der Waals surface area contributed by atoms with Crippen LogP contribution >= 0.6 is 11.8 Å². The SMILES string of the molecule is CSCCC(NC(=O)OC(C)(C)C)C(=O)N(C(C)C)C(C(=O)NCc1ccccc1)c1cc(C)cc(C)c1. The fourth-order valence-electron chi connectivity index (χ4n) is 4.29. The second-order valence-electron chi connectivity index (χ2n) is 10.8. The van der Waals surface area contributed by atoms with Crippen LogP contribution in [0.15, 0.2) is 48.5 Å². The van der Waals surface area contributed by atoms with Gasteiger partial charge in [0.2, 0.25) is 11.8 Å². The number of rotatable bonds is 11. The number of hydrogen-bond acceptors (Lipinski definition) is 5. The summed E-state index contributed by atoms with van der Waals surface area (Å²) in [5, 5.41) is 5.80. The summed E-state index contributed by atoms with van der Waals surface area (Å²) in [5.74, 6) is 0.0627. The van der Waals surface area contributed by atoms with Crippen LogP contribution < -0.4 is 10.6 Å². The Morgan fingerprint density at radius 1 is 1.00 bits per heavy atom. The molecule has 2 unspecified atom stereocenters. The summed E-state index contributed by atoms with van der Waals surface area (Å²) in [5.41, 5.74) is 3.00. The van der Waals surface area contributed by atoms with Crippen molar-refractivity contribution in [2.24, 2.45) is 0 Å². The molecule has 0 fully saturated rings. The van der Waals surface area contributed by atoms with E-state index in [0.717, 1.165) is 22.3 Å². The molecule has 2 aromatic rings. The van der Waals surface area contributed by atoms with Gasteiger partial charge in [-0.2, -0.15) is 11.8 Å². The van der Waals surface area contributed by atoms with Crippen LogP contribution in [0.1, 0.15) is 69.3 Å². The monoisotopic (exact) mass is 541 g/mol. The zero-order valence-electron chi connectivity index (χ0n) is 24.0.